The number of guanidine groups is 1. The summed E-state index contributed by atoms with van der Waals surface area (Å²) in [6.45, 7) is 4.06. The predicted octanol–water partition coefficient (Wildman–Crippen LogP) is 3.91. The first-order valence-corrected chi connectivity index (χ1v) is 8.34. The number of halogens is 2. The molecular weight excluding hydrogens is 353 g/mol. The summed E-state index contributed by atoms with van der Waals surface area (Å²) < 4.78 is 13.9. The van der Waals surface area contributed by atoms with Crippen LogP contribution < -0.4 is 10.6 Å². The van der Waals surface area contributed by atoms with Gasteiger partial charge in [0.15, 0.2) is 5.96 Å². The van der Waals surface area contributed by atoms with E-state index in [-0.39, 0.29) is 5.82 Å². The Morgan fingerprint density at radius 1 is 1.29 bits per heavy atom. The lowest BCUT2D eigenvalue weighted by Crippen LogP contribution is -2.36. The molecule has 0 saturated carbocycles. The van der Waals surface area contributed by atoms with E-state index in [4.69, 9.17) is 0 Å². The number of benzene rings is 1. The van der Waals surface area contributed by atoms with Crippen molar-refractivity contribution in [3.8, 4) is 0 Å². The van der Waals surface area contributed by atoms with Crippen molar-refractivity contribution in [2.45, 2.75) is 20.0 Å². The van der Waals surface area contributed by atoms with Gasteiger partial charge in [-0.15, -0.1) is 11.3 Å². The van der Waals surface area contributed by atoms with E-state index in [0.29, 0.717) is 6.54 Å². The standard InChI is InChI=1S/C15H17BrFN3S/c1-2-18-15(20-9-14-7-12(16)10-21-14)19-8-11-3-5-13(17)6-4-11/h3-7,10H,2,8-9H2,1H3,(H2,18,19,20). The Balaban J connectivity index is 1.93. The van der Waals surface area contributed by atoms with Gasteiger partial charge in [-0.05, 0) is 46.6 Å². The highest BCUT2D eigenvalue weighted by atomic mass is 79.9. The van der Waals surface area contributed by atoms with E-state index in [0.717, 1.165) is 29.1 Å². The zero-order valence-corrected chi connectivity index (χ0v) is 14.1. The summed E-state index contributed by atoms with van der Waals surface area (Å²) >= 11 is 5.14. The first-order chi connectivity index (χ1) is 10.2. The molecule has 0 saturated heterocycles. The first-order valence-electron chi connectivity index (χ1n) is 6.67. The van der Waals surface area contributed by atoms with E-state index < -0.39 is 0 Å². The smallest absolute Gasteiger partial charge is 0.191 e. The summed E-state index contributed by atoms with van der Waals surface area (Å²) in [6, 6.07) is 8.49. The van der Waals surface area contributed by atoms with Crippen LogP contribution in [-0.2, 0) is 13.1 Å². The van der Waals surface area contributed by atoms with Gasteiger partial charge in [0.25, 0.3) is 0 Å². The van der Waals surface area contributed by atoms with Crippen molar-refractivity contribution in [1.82, 2.24) is 10.6 Å². The highest BCUT2D eigenvalue weighted by Crippen LogP contribution is 2.19. The normalized spacial score (nSPS) is 11.5. The van der Waals surface area contributed by atoms with Gasteiger partial charge in [-0.3, -0.25) is 0 Å². The number of nitrogens with one attached hydrogen (secondary N) is 2. The maximum atomic E-state index is 12.9. The van der Waals surface area contributed by atoms with E-state index in [1.54, 1.807) is 23.5 Å². The highest BCUT2D eigenvalue weighted by molar-refractivity contribution is 9.10. The van der Waals surface area contributed by atoms with Crippen molar-refractivity contribution in [1.29, 1.82) is 0 Å². The SMILES string of the molecule is CCNC(=NCc1ccc(F)cc1)NCc1cc(Br)cs1. The lowest BCUT2D eigenvalue weighted by molar-refractivity contribution is 0.627. The third-order valence-corrected chi connectivity index (χ3v) is 4.43. The molecule has 0 aliphatic rings. The minimum Gasteiger partial charge on any atom is -0.357 e. The van der Waals surface area contributed by atoms with E-state index in [2.05, 4.69) is 43.0 Å². The first kappa shape index (κ1) is 16.0. The number of aliphatic imine (C=N–C) groups is 1. The Bertz CT molecular complexity index is 595. The van der Waals surface area contributed by atoms with Crippen molar-refractivity contribution in [2.75, 3.05) is 6.54 Å². The summed E-state index contributed by atoms with van der Waals surface area (Å²) in [5.41, 5.74) is 0.979. The van der Waals surface area contributed by atoms with Crippen LogP contribution in [-0.4, -0.2) is 12.5 Å². The van der Waals surface area contributed by atoms with Crippen LogP contribution in [0.2, 0.25) is 0 Å². The van der Waals surface area contributed by atoms with Crippen molar-refractivity contribution in [3.05, 3.63) is 56.4 Å². The maximum Gasteiger partial charge on any atom is 0.191 e. The lowest BCUT2D eigenvalue weighted by atomic mass is 10.2. The largest absolute Gasteiger partial charge is 0.357 e. The van der Waals surface area contributed by atoms with E-state index in [9.17, 15) is 4.39 Å². The average molecular weight is 370 g/mol. The van der Waals surface area contributed by atoms with Crippen molar-refractivity contribution >= 4 is 33.2 Å². The zero-order valence-electron chi connectivity index (χ0n) is 11.7. The number of hydrogen-bond donors (Lipinski definition) is 2. The average Bonchev–Trinajstić information content (AvgIpc) is 2.89. The number of thiophene rings is 1. The molecule has 2 aromatic rings. The number of nitrogens with zero attached hydrogens (tertiary/aromatic N) is 1. The Labute approximate surface area is 136 Å². The highest BCUT2D eigenvalue weighted by Gasteiger charge is 2.01. The molecule has 0 aliphatic heterocycles. The third-order valence-electron chi connectivity index (χ3n) is 2.73. The molecular formula is C15H17BrFN3S. The van der Waals surface area contributed by atoms with Gasteiger partial charge in [0.2, 0.25) is 0 Å². The second kappa shape index (κ2) is 8.14. The van der Waals surface area contributed by atoms with Crippen LogP contribution in [0.4, 0.5) is 4.39 Å². The van der Waals surface area contributed by atoms with Crippen molar-refractivity contribution < 1.29 is 4.39 Å². The molecule has 2 rings (SSSR count). The van der Waals surface area contributed by atoms with Crippen LogP contribution in [0.5, 0.6) is 0 Å². The molecule has 0 spiro atoms. The molecule has 21 heavy (non-hydrogen) atoms. The topological polar surface area (TPSA) is 36.4 Å². The second-order valence-corrected chi connectivity index (χ2v) is 6.32. The Kier molecular flexibility index (Phi) is 6.20. The van der Waals surface area contributed by atoms with E-state index >= 15 is 0 Å². The molecule has 6 heteroatoms. The molecule has 0 fully saturated rings. The molecule has 0 radical (unpaired) electrons. The minimum atomic E-state index is -0.226. The summed E-state index contributed by atoms with van der Waals surface area (Å²) in [7, 11) is 0. The molecule has 1 aromatic carbocycles. The summed E-state index contributed by atoms with van der Waals surface area (Å²) in [4.78, 5) is 5.73. The molecule has 0 amide bonds. The Morgan fingerprint density at radius 3 is 2.67 bits per heavy atom. The van der Waals surface area contributed by atoms with Gasteiger partial charge in [-0.25, -0.2) is 9.38 Å². The van der Waals surface area contributed by atoms with Gasteiger partial charge in [-0.2, -0.15) is 0 Å². The summed E-state index contributed by atoms with van der Waals surface area (Å²) in [5.74, 6) is 0.530. The van der Waals surface area contributed by atoms with Gasteiger partial charge in [0.1, 0.15) is 5.82 Å². The van der Waals surface area contributed by atoms with Gasteiger partial charge < -0.3 is 10.6 Å². The van der Waals surface area contributed by atoms with Crippen molar-refractivity contribution in [3.63, 3.8) is 0 Å². The Hall–Kier alpha value is -1.40. The molecule has 112 valence electrons. The maximum absolute atomic E-state index is 12.9. The molecule has 0 atom stereocenters. The quantitative estimate of drug-likeness (QED) is 0.619. The van der Waals surface area contributed by atoms with Gasteiger partial charge in [0, 0.05) is 21.3 Å². The fourth-order valence-corrected chi connectivity index (χ4v) is 3.11. The predicted molar refractivity (Wildman–Crippen MR) is 90.1 cm³/mol. The van der Waals surface area contributed by atoms with Gasteiger partial charge in [-0.1, -0.05) is 12.1 Å². The number of rotatable bonds is 5. The summed E-state index contributed by atoms with van der Waals surface area (Å²) in [6.07, 6.45) is 0. The van der Waals surface area contributed by atoms with Crippen LogP contribution in [0.1, 0.15) is 17.4 Å². The Morgan fingerprint density at radius 2 is 2.05 bits per heavy atom. The molecule has 0 bridgehead atoms. The van der Waals surface area contributed by atoms with Crippen LogP contribution in [0, 0.1) is 5.82 Å². The fourth-order valence-electron chi connectivity index (χ4n) is 1.72. The lowest BCUT2D eigenvalue weighted by Gasteiger charge is -2.10. The molecule has 1 aromatic heterocycles. The van der Waals surface area contributed by atoms with E-state index in [1.165, 1.54) is 17.0 Å². The molecule has 3 nitrogen and oxygen atoms in total. The monoisotopic (exact) mass is 369 g/mol. The fraction of sp³-hybridized carbons (Fsp3) is 0.267. The molecule has 0 unspecified atom stereocenters. The van der Waals surface area contributed by atoms with Crippen LogP contribution in [0.15, 0.2) is 45.2 Å². The molecule has 2 N–H and O–H groups in total. The second-order valence-electron chi connectivity index (χ2n) is 4.41. The molecule has 1 heterocycles. The van der Waals surface area contributed by atoms with Gasteiger partial charge >= 0.3 is 0 Å². The van der Waals surface area contributed by atoms with Crippen LogP contribution in [0.25, 0.3) is 0 Å². The summed E-state index contributed by atoms with van der Waals surface area (Å²) in [5, 5.41) is 8.54. The van der Waals surface area contributed by atoms with Crippen LogP contribution >= 0.6 is 27.3 Å². The van der Waals surface area contributed by atoms with Crippen LogP contribution in [0.3, 0.4) is 0 Å². The van der Waals surface area contributed by atoms with Crippen molar-refractivity contribution in [2.24, 2.45) is 4.99 Å². The zero-order chi connectivity index (χ0) is 15.1. The van der Waals surface area contributed by atoms with Gasteiger partial charge in [0.05, 0.1) is 13.1 Å². The third kappa shape index (κ3) is 5.47. The number of hydrogen-bond acceptors (Lipinski definition) is 2. The molecule has 0 aliphatic carbocycles. The van der Waals surface area contributed by atoms with E-state index in [1.807, 2.05) is 6.92 Å². The minimum absolute atomic E-state index is 0.226.